The molecule has 152 valence electrons. The lowest BCUT2D eigenvalue weighted by Crippen LogP contribution is -2.41. The largest absolute Gasteiger partial charge is 0.301 e. The highest BCUT2D eigenvalue weighted by Gasteiger charge is 2.25. The number of hydrogen-bond acceptors (Lipinski definition) is 5. The SMILES string of the molecule is C[C@H](NS(=O)(=O)c1ccccc1F)C(=O)Nc1ncc(Cc2ccc(Cl)cc2)s1. The van der Waals surface area contributed by atoms with E-state index in [-0.39, 0.29) is 0 Å². The first-order valence-corrected chi connectivity index (χ1v) is 11.2. The average Bonchev–Trinajstić information content (AvgIpc) is 3.10. The van der Waals surface area contributed by atoms with Crippen molar-refractivity contribution < 1.29 is 17.6 Å². The number of thiazole rings is 1. The summed E-state index contributed by atoms with van der Waals surface area (Å²) >= 11 is 7.15. The Morgan fingerprint density at radius 1 is 1.21 bits per heavy atom. The van der Waals surface area contributed by atoms with E-state index in [1.807, 2.05) is 12.1 Å². The summed E-state index contributed by atoms with van der Waals surface area (Å²) in [4.78, 5) is 16.9. The van der Waals surface area contributed by atoms with Gasteiger partial charge in [0.1, 0.15) is 10.7 Å². The second kappa shape index (κ2) is 9.00. The van der Waals surface area contributed by atoms with Gasteiger partial charge >= 0.3 is 0 Å². The number of sulfonamides is 1. The molecule has 0 saturated carbocycles. The third-order valence-corrected chi connectivity index (χ3v) is 6.67. The predicted octanol–water partition coefficient (Wildman–Crippen LogP) is 3.83. The van der Waals surface area contributed by atoms with Crippen LogP contribution in [0.2, 0.25) is 5.02 Å². The van der Waals surface area contributed by atoms with Crippen LogP contribution in [-0.2, 0) is 21.2 Å². The monoisotopic (exact) mass is 453 g/mol. The fourth-order valence-electron chi connectivity index (χ4n) is 2.48. The van der Waals surface area contributed by atoms with Crippen LogP contribution < -0.4 is 10.0 Å². The van der Waals surface area contributed by atoms with Gasteiger partial charge in [0.25, 0.3) is 0 Å². The zero-order valence-corrected chi connectivity index (χ0v) is 17.6. The third kappa shape index (κ3) is 5.60. The van der Waals surface area contributed by atoms with E-state index in [9.17, 15) is 17.6 Å². The van der Waals surface area contributed by atoms with Crippen LogP contribution in [0.3, 0.4) is 0 Å². The lowest BCUT2D eigenvalue weighted by atomic mass is 10.1. The van der Waals surface area contributed by atoms with E-state index in [4.69, 9.17) is 11.6 Å². The minimum atomic E-state index is -4.18. The molecule has 1 atom stereocenters. The van der Waals surface area contributed by atoms with Crippen LogP contribution in [0.25, 0.3) is 0 Å². The number of nitrogens with one attached hydrogen (secondary N) is 2. The van der Waals surface area contributed by atoms with E-state index in [1.54, 1.807) is 18.3 Å². The first-order valence-electron chi connectivity index (χ1n) is 8.51. The molecule has 0 unspecified atom stereocenters. The molecule has 10 heteroatoms. The molecule has 2 N–H and O–H groups in total. The zero-order chi connectivity index (χ0) is 21.0. The molecular weight excluding hydrogens is 437 g/mol. The van der Waals surface area contributed by atoms with Crippen LogP contribution in [0.4, 0.5) is 9.52 Å². The highest BCUT2D eigenvalue weighted by Crippen LogP contribution is 2.22. The van der Waals surface area contributed by atoms with Crippen molar-refractivity contribution in [2.24, 2.45) is 0 Å². The number of amides is 1. The maximum Gasteiger partial charge on any atom is 0.244 e. The van der Waals surface area contributed by atoms with Crippen molar-refractivity contribution in [2.45, 2.75) is 24.3 Å². The van der Waals surface area contributed by atoms with E-state index >= 15 is 0 Å². The second-order valence-corrected chi connectivity index (χ2v) is 9.43. The number of benzene rings is 2. The molecule has 0 radical (unpaired) electrons. The molecule has 0 spiro atoms. The van der Waals surface area contributed by atoms with Gasteiger partial charge in [-0.25, -0.2) is 17.8 Å². The summed E-state index contributed by atoms with van der Waals surface area (Å²) in [5, 5.41) is 3.57. The molecular formula is C19H17ClFN3O3S2. The van der Waals surface area contributed by atoms with Crippen molar-refractivity contribution in [1.82, 2.24) is 9.71 Å². The second-order valence-electron chi connectivity index (χ2n) is 6.20. The fourth-order valence-corrected chi connectivity index (χ4v) is 4.73. The highest BCUT2D eigenvalue weighted by atomic mass is 35.5. The fraction of sp³-hybridized carbons (Fsp3) is 0.158. The summed E-state index contributed by atoms with van der Waals surface area (Å²) in [7, 11) is -4.18. The van der Waals surface area contributed by atoms with Crippen LogP contribution in [0.5, 0.6) is 0 Å². The molecule has 1 amide bonds. The number of carbonyl (C=O) groups is 1. The molecule has 0 aliphatic heterocycles. The van der Waals surface area contributed by atoms with E-state index in [1.165, 1.54) is 30.4 Å². The molecule has 0 aliphatic rings. The maximum atomic E-state index is 13.8. The molecule has 2 aromatic carbocycles. The van der Waals surface area contributed by atoms with Crippen molar-refractivity contribution in [2.75, 3.05) is 5.32 Å². The molecule has 3 aromatic rings. The van der Waals surface area contributed by atoms with E-state index < -0.39 is 32.7 Å². The molecule has 3 rings (SSSR count). The van der Waals surface area contributed by atoms with Gasteiger partial charge in [-0.1, -0.05) is 35.9 Å². The summed E-state index contributed by atoms with van der Waals surface area (Å²) in [5.74, 6) is -1.49. The summed E-state index contributed by atoms with van der Waals surface area (Å²) in [6, 6.07) is 11.2. The zero-order valence-electron chi connectivity index (χ0n) is 15.2. The Labute approximate surface area is 176 Å². The number of hydrogen-bond donors (Lipinski definition) is 2. The number of anilines is 1. The quantitative estimate of drug-likeness (QED) is 0.569. The van der Waals surface area contributed by atoms with Gasteiger partial charge < -0.3 is 5.32 Å². The summed E-state index contributed by atoms with van der Waals surface area (Å²) < 4.78 is 40.5. The molecule has 0 bridgehead atoms. The summed E-state index contributed by atoms with van der Waals surface area (Å²) in [5.41, 5.74) is 1.04. The van der Waals surface area contributed by atoms with Gasteiger partial charge in [0, 0.05) is 22.5 Å². The average molecular weight is 454 g/mol. The van der Waals surface area contributed by atoms with Gasteiger partial charge in [-0.05, 0) is 36.8 Å². The number of rotatable bonds is 7. The van der Waals surface area contributed by atoms with Gasteiger partial charge in [-0.2, -0.15) is 4.72 Å². The summed E-state index contributed by atoms with van der Waals surface area (Å²) in [6.45, 7) is 1.37. The summed E-state index contributed by atoms with van der Waals surface area (Å²) in [6.07, 6.45) is 2.27. The third-order valence-electron chi connectivity index (χ3n) is 3.93. The van der Waals surface area contributed by atoms with Crippen molar-refractivity contribution >= 4 is 44.0 Å². The molecule has 6 nitrogen and oxygen atoms in total. The predicted molar refractivity (Wildman–Crippen MR) is 111 cm³/mol. The Morgan fingerprint density at radius 2 is 1.90 bits per heavy atom. The lowest BCUT2D eigenvalue weighted by molar-refractivity contribution is -0.117. The first-order chi connectivity index (χ1) is 13.7. The Bertz CT molecular complexity index is 1120. The van der Waals surface area contributed by atoms with Crippen LogP contribution >= 0.6 is 22.9 Å². The van der Waals surface area contributed by atoms with E-state index in [0.29, 0.717) is 16.6 Å². The molecule has 0 saturated heterocycles. The van der Waals surface area contributed by atoms with Crippen molar-refractivity contribution in [3.8, 4) is 0 Å². The van der Waals surface area contributed by atoms with E-state index in [2.05, 4.69) is 15.0 Å². The topological polar surface area (TPSA) is 88.2 Å². The Hall–Kier alpha value is -2.33. The van der Waals surface area contributed by atoms with Gasteiger partial charge in [0.2, 0.25) is 15.9 Å². The Kier molecular flexibility index (Phi) is 6.63. The Morgan fingerprint density at radius 3 is 2.59 bits per heavy atom. The molecule has 0 aliphatic carbocycles. The number of nitrogens with zero attached hydrogens (tertiary/aromatic N) is 1. The standard InChI is InChI=1S/C19H17ClFN3O3S2/c1-12(24-29(26,27)17-5-3-2-4-16(17)21)18(25)23-19-22-11-15(28-19)10-13-6-8-14(20)9-7-13/h2-9,11-12,24H,10H2,1H3,(H,22,23,25)/t12-/m0/s1. The number of halogens is 2. The normalized spacial score (nSPS) is 12.5. The minimum Gasteiger partial charge on any atom is -0.301 e. The lowest BCUT2D eigenvalue weighted by Gasteiger charge is -2.13. The van der Waals surface area contributed by atoms with Crippen molar-refractivity contribution in [3.05, 3.63) is 76.0 Å². The maximum absolute atomic E-state index is 13.8. The van der Waals surface area contributed by atoms with Gasteiger partial charge in [0.05, 0.1) is 6.04 Å². The minimum absolute atomic E-state index is 0.343. The van der Waals surface area contributed by atoms with E-state index in [0.717, 1.165) is 22.6 Å². The number of aromatic nitrogens is 1. The number of carbonyl (C=O) groups excluding carboxylic acids is 1. The highest BCUT2D eigenvalue weighted by molar-refractivity contribution is 7.89. The smallest absolute Gasteiger partial charge is 0.244 e. The Balaban J connectivity index is 1.62. The van der Waals surface area contributed by atoms with Crippen molar-refractivity contribution in [3.63, 3.8) is 0 Å². The molecule has 29 heavy (non-hydrogen) atoms. The van der Waals surface area contributed by atoms with Gasteiger partial charge in [0.15, 0.2) is 5.13 Å². The molecule has 0 fully saturated rings. The van der Waals surface area contributed by atoms with Gasteiger partial charge in [-0.3, -0.25) is 4.79 Å². The van der Waals surface area contributed by atoms with Crippen LogP contribution in [0.15, 0.2) is 59.6 Å². The van der Waals surface area contributed by atoms with Crippen LogP contribution in [0, 0.1) is 5.82 Å². The molecule has 1 aromatic heterocycles. The first kappa shape index (κ1) is 21.4. The molecule has 1 heterocycles. The van der Waals surface area contributed by atoms with Crippen LogP contribution in [0.1, 0.15) is 17.4 Å². The van der Waals surface area contributed by atoms with Crippen molar-refractivity contribution in [1.29, 1.82) is 0 Å². The van der Waals surface area contributed by atoms with Gasteiger partial charge in [-0.15, -0.1) is 11.3 Å². The van der Waals surface area contributed by atoms with Crippen LogP contribution in [-0.4, -0.2) is 25.4 Å².